The molecule has 0 amide bonds. The Morgan fingerprint density at radius 2 is 1.90 bits per heavy atom. The van der Waals surface area contributed by atoms with Gasteiger partial charge in [-0.3, -0.25) is 0 Å². The molecule has 0 spiro atoms. The summed E-state index contributed by atoms with van der Waals surface area (Å²) in [7, 11) is 5.38. The van der Waals surface area contributed by atoms with Crippen molar-refractivity contribution >= 4 is 11.8 Å². The summed E-state index contributed by atoms with van der Waals surface area (Å²) in [6.07, 6.45) is 5.70. The third-order valence-corrected chi connectivity index (χ3v) is 5.55. The smallest absolute Gasteiger partial charge is 0.161 e. The second kappa shape index (κ2) is 8.54. The highest BCUT2D eigenvalue weighted by molar-refractivity contribution is 7.99. The van der Waals surface area contributed by atoms with Gasteiger partial charge in [0.25, 0.3) is 0 Å². The van der Waals surface area contributed by atoms with E-state index in [1.807, 2.05) is 13.1 Å². The highest BCUT2D eigenvalue weighted by Crippen LogP contribution is 2.32. The van der Waals surface area contributed by atoms with Gasteiger partial charge >= 0.3 is 0 Å². The lowest BCUT2D eigenvalue weighted by Gasteiger charge is -2.19. The van der Waals surface area contributed by atoms with Gasteiger partial charge in [-0.05, 0) is 49.3 Å². The topological polar surface area (TPSA) is 30.5 Å². The minimum Gasteiger partial charge on any atom is -0.493 e. The van der Waals surface area contributed by atoms with Gasteiger partial charge in [-0.1, -0.05) is 18.9 Å². The number of methoxy groups -OCH3 is 2. The summed E-state index contributed by atoms with van der Waals surface area (Å²) in [4.78, 5) is 0. The molecular formula is C17H27NO2S. The summed E-state index contributed by atoms with van der Waals surface area (Å²) in [5, 5.41) is 3.42. The van der Waals surface area contributed by atoms with E-state index in [4.69, 9.17) is 9.47 Å². The van der Waals surface area contributed by atoms with Crippen LogP contribution in [0.4, 0.5) is 0 Å². The van der Waals surface area contributed by atoms with E-state index < -0.39 is 0 Å². The number of ether oxygens (including phenoxy) is 2. The Hall–Kier alpha value is -0.870. The molecule has 21 heavy (non-hydrogen) atoms. The molecule has 3 nitrogen and oxygen atoms in total. The molecule has 0 saturated heterocycles. The fourth-order valence-corrected chi connectivity index (χ4v) is 4.34. The zero-order chi connectivity index (χ0) is 15.1. The standard InChI is InChI=1S/C17H27NO2S/c1-18-15(12-21-11-13-6-4-5-7-13)14-8-9-16(19-2)17(10-14)20-3/h8-10,13,15,18H,4-7,11-12H2,1-3H3. The van der Waals surface area contributed by atoms with Crippen LogP contribution in [0.1, 0.15) is 37.3 Å². The van der Waals surface area contributed by atoms with Crippen LogP contribution < -0.4 is 14.8 Å². The molecule has 0 bridgehead atoms. The molecule has 0 radical (unpaired) electrons. The zero-order valence-corrected chi connectivity index (χ0v) is 14.2. The van der Waals surface area contributed by atoms with E-state index in [0.717, 1.165) is 23.2 Å². The molecule has 2 rings (SSSR count). The van der Waals surface area contributed by atoms with Crippen LogP contribution in [0, 0.1) is 5.92 Å². The van der Waals surface area contributed by atoms with Gasteiger partial charge in [0.15, 0.2) is 11.5 Å². The minimum absolute atomic E-state index is 0.358. The molecule has 1 atom stereocenters. The van der Waals surface area contributed by atoms with Crippen LogP contribution in [0.15, 0.2) is 18.2 Å². The van der Waals surface area contributed by atoms with Crippen LogP contribution in [0.2, 0.25) is 0 Å². The van der Waals surface area contributed by atoms with E-state index in [1.165, 1.54) is 37.0 Å². The number of hydrogen-bond donors (Lipinski definition) is 1. The van der Waals surface area contributed by atoms with Crippen LogP contribution in [-0.2, 0) is 0 Å². The molecule has 1 N–H and O–H groups in total. The molecule has 1 unspecified atom stereocenters. The molecule has 0 aromatic heterocycles. The Bertz CT molecular complexity index is 433. The van der Waals surface area contributed by atoms with Crippen molar-refractivity contribution in [3.05, 3.63) is 23.8 Å². The van der Waals surface area contributed by atoms with Crippen molar-refractivity contribution in [2.75, 3.05) is 32.8 Å². The lowest BCUT2D eigenvalue weighted by atomic mass is 10.1. The van der Waals surface area contributed by atoms with Gasteiger partial charge < -0.3 is 14.8 Å². The summed E-state index contributed by atoms with van der Waals surface area (Å²) in [5.74, 6) is 4.93. The van der Waals surface area contributed by atoms with Gasteiger partial charge in [0.05, 0.1) is 14.2 Å². The van der Waals surface area contributed by atoms with E-state index in [-0.39, 0.29) is 0 Å². The SMILES string of the molecule is CNC(CSCC1CCCC1)c1ccc(OC)c(OC)c1. The summed E-state index contributed by atoms with van der Waals surface area (Å²) in [6, 6.07) is 6.55. The fourth-order valence-electron chi connectivity index (χ4n) is 2.95. The molecule has 4 heteroatoms. The normalized spacial score (nSPS) is 16.9. The van der Waals surface area contributed by atoms with Gasteiger partial charge in [-0.25, -0.2) is 0 Å². The maximum atomic E-state index is 5.40. The maximum Gasteiger partial charge on any atom is 0.161 e. The molecule has 1 aromatic rings. The summed E-state index contributed by atoms with van der Waals surface area (Å²) < 4.78 is 10.7. The Labute approximate surface area is 132 Å². The van der Waals surface area contributed by atoms with Gasteiger partial charge in [0.2, 0.25) is 0 Å². The van der Waals surface area contributed by atoms with E-state index in [0.29, 0.717) is 6.04 Å². The zero-order valence-electron chi connectivity index (χ0n) is 13.4. The van der Waals surface area contributed by atoms with E-state index in [1.54, 1.807) is 14.2 Å². The first kappa shape index (κ1) is 16.5. The monoisotopic (exact) mass is 309 g/mol. The average Bonchev–Trinajstić information content (AvgIpc) is 3.04. The number of benzene rings is 1. The van der Waals surface area contributed by atoms with Crippen molar-refractivity contribution in [3.63, 3.8) is 0 Å². The quantitative estimate of drug-likeness (QED) is 0.789. The number of thioether (sulfide) groups is 1. The van der Waals surface area contributed by atoms with Crippen LogP contribution in [0.5, 0.6) is 11.5 Å². The van der Waals surface area contributed by atoms with Gasteiger partial charge in [0.1, 0.15) is 0 Å². The molecule has 1 aliphatic carbocycles. The Morgan fingerprint density at radius 3 is 2.52 bits per heavy atom. The summed E-state index contributed by atoms with van der Waals surface area (Å²) in [5.41, 5.74) is 1.26. The van der Waals surface area contributed by atoms with Gasteiger partial charge in [-0.2, -0.15) is 11.8 Å². The average molecular weight is 309 g/mol. The highest BCUT2D eigenvalue weighted by atomic mass is 32.2. The molecule has 0 heterocycles. The first-order chi connectivity index (χ1) is 10.3. The van der Waals surface area contributed by atoms with Gasteiger partial charge in [0, 0.05) is 11.8 Å². The number of nitrogens with one attached hydrogen (secondary N) is 1. The van der Waals surface area contributed by atoms with Crippen LogP contribution >= 0.6 is 11.8 Å². The minimum atomic E-state index is 0.358. The predicted octanol–water partition coefficient (Wildman–Crippen LogP) is 3.89. The summed E-state index contributed by atoms with van der Waals surface area (Å²) in [6.45, 7) is 0. The molecule has 1 aromatic carbocycles. The Kier molecular flexibility index (Phi) is 6.71. The largest absolute Gasteiger partial charge is 0.493 e. The first-order valence-electron chi connectivity index (χ1n) is 7.75. The maximum absolute atomic E-state index is 5.40. The number of hydrogen-bond acceptors (Lipinski definition) is 4. The van der Waals surface area contributed by atoms with E-state index in [9.17, 15) is 0 Å². The molecule has 1 saturated carbocycles. The van der Waals surface area contributed by atoms with Crippen molar-refractivity contribution in [1.82, 2.24) is 5.32 Å². The fraction of sp³-hybridized carbons (Fsp3) is 0.647. The van der Waals surface area contributed by atoms with Crippen molar-refractivity contribution in [1.29, 1.82) is 0 Å². The summed E-state index contributed by atoms with van der Waals surface area (Å²) >= 11 is 2.07. The van der Waals surface area contributed by atoms with Crippen molar-refractivity contribution in [3.8, 4) is 11.5 Å². The van der Waals surface area contributed by atoms with Crippen LogP contribution in [-0.4, -0.2) is 32.8 Å². The molecule has 1 aliphatic rings. The van der Waals surface area contributed by atoms with Crippen molar-refractivity contribution < 1.29 is 9.47 Å². The second-order valence-electron chi connectivity index (χ2n) is 5.64. The van der Waals surface area contributed by atoms with Crippen molar-refractivity contribution in [2.24, 2.45) is 5.92 Å². The molecule has 118 valence electrons. The molecule has 0 aliphatic heterocycles. The third-order valence-electron chi connectivity index (χ3n) is 4.27. The lowest BCUT2D eigenvalue weighted by molar-refractivity contribution is 0.354. The Balaban J connectivity index is 1.92. The second-order valence-corrected chi connectivity index (χ2v) is 6.72. The van der Waals surface area contributed by atoms with E-state index in [2.05, 4.69) is 29.2 Å². The lowest BCUT2D eigenvalue weighted by Crippen LogP contribution is -2.19. The predicted molar refractivity (Wildman–Crippen MR) is 90.6 cm³/mol. The Morgan fingerprint density at radius 1 is 1.19 bits per heavy atom. The van der Waals surface area contributed by atoms with Gasteiger partial charge in [-0.15, -0.1) is 0 Å². The third kappa shape index (κ3) is 4.55. The first-order valence-corrected chi connectivity index (χ1v) is 8.91. The van der Waals surface area contributed by atoms with Crippen molar-refractivity contribution in [2.45, 2.75) is 31.7 Å². The van der Waals surface area contributed by atoms with Crippen LogP contribution in [0.25, 0.3) is 0 Å². The highest BCUT2D eigenvalue weighted by Gasteiger charge is 2.17. The number of rotatable bonds is 8. The van der Waals surface area contributed by atoms with Crippen LogP contribution in [0.3, 0.4) is 0 Å². The molecular weight excluding hydrogens is 282 g/mol. The van der Waals surface area contributed by atoms with E-state index >= 15 is 0 Å². The molecule has 1 fully saturated rings.